The van der Waals surface area contributed by atoms with Crippen molar-refractivity contribution in [3.63, 3.8) is 0 Å². The van der Waals surface area contributed by atoms with Crippen molar-refractivity contribution in [3.05, 3.63) is 64.7 Å². The van der Waals surface area contributed by atoms with Crippen molar-refractivity contribution in [2.24, 2.45) is 0 Å². The van der Waals surface area contributed by atoms with Gasteiger partial charge in [-0.15, -0.1) is 11.8 Å². The summed E-state index contributed by atoms with van der Waals surface area (Å²) in [6, 6.07) is 16.3. The monoisotopic (exact) mass is 362 g/mol. The van der Waals surface area contributed by atoms with Gasteiger partial charge in [0.1, 0.15) is 4.75 Å². The largest absolute Gasteiger partial charge is 0.465 e. The minimum absolute atomic E-state index is 0.150. The van der Waals surface area contributed by atoms with Crippen molar-refractivity contribution in [3.8, 4) is 0 Å². The van der Waals surface area contributed by atoms with Crippen molar-refractivity contribution in [1.29, 1.82) is 0 Å². The van der Waals surface area contributed by atoms with E-state index in [1.807, 2.05) is 45.0 Å². The zero-order valence-corrected chi connectivity index (χ0v) is 15.9. The molecule has 2 aromatic carbocycles. The Morgan fingerprint density at radius 3 is 2.08 bits per heavy atom. The fourth-order valence-electron chi connectivity index (χ4n) is 2.32. The lowest BCUT2D eigenvalue weighted by molar-refractivity contribution is -0.145. The Morgan fingerprint density at radius 2 is 1.58 bits per heavy atom. The summed E-state index contributed by atoms with van der Waals surface area (Å²) < 4.78 is 4.66. The highest BCUT2D eigenvalue weighted by Crippen LogP contribution is 2.36. The van der Waals surface area contributed by atoms with Gasteiger partial charge in [0, 0.05) is 9.92 Å². The van der Waals surface area contributed by atoms with E-state index in [0.29, 0.717) is 6.61 Å². The molecule has 128 valence electrons. The third kappa shape index (κ3) is 5.02. The molecule has 0 spiro atoms. The van der Waals surface area contributed by atoms with E-state index in [9.17, 15) is 4.79 Å². The number of halogens is 1. The van der Waals surface area contributed by atoms with Crippen molar-refractivity contribution in [2.75, 3.05) is 6.61 Å². The van der Waals surface area contributed by atoms with Crippen LogP contribution >= 0.6 is 23.4 Å². The molecule has 4 heteroatoms. The summed E-state index contributed by atoms with van der Waals surface area (Å²) in [6.45, 7) is 6.20. The van der Waals surface area contributed by atoms with Gasteiger partial charge in [0.15, 0.2) is 0 Å². The van der Waals surface area contributed by atoms with Crippen LogP contribution in [0.2, 0.25) is 5.02 Å². The van der Waals surface area contributed by atoms with Crippen LogP contribution in [-0.4, -0.2) is 17.3 Å². The van der Waals surface area contributed by atoms with Crippen LogP contribution in [0.15, 0.2) is 53.4 Å². The van der Waals surface area contributed by atoms with E-state index in [4.69, 9.17) is 16.3 Å². The van der Waals surface area contributed by atoms with Crippen LogP contribution in [-0.2, 0) is 16.0 Å². The molecule has 1 atom stereocenters. The summed E-state index contributed by atoms with van der Waals surface area (Å²) in [6.07, 6.45) is 1.59. The molecule has 2 rings (SSSR count). The number of hydrogen-bond donors (Lipinski definition) is 0. The summed E-state index contributed by atoms with van der Waals surface area (Å²) in [7, 11) is 0. The van der Waals surface area contributed by atoms with Gasteiger partial charge in [-0.05, 0) is 62.1 Å². The van der Waals surface area contributed by atoms with E-state index in [1.54, 1.807) is 11.8 Å². The summed E-state index contributed by atoms with van der Waals surface area (Å²) >= 11 is 7.48. The molecule has 0 aromatic heterocycles. The van der Waals surface area contributed by atoms with Crippen LogP contribution < -0.4 is 0 Å². The van der Waals surface area contributed by atoms with E-state index in [2.05, 4.69) is 24.3 Å². The van der Waals surface area contributed by atoms with Gasteiger partial charge in [0.2, 0.25) is 0 Å². The molecule has 0 aliphatic heterocycles. The zero-order valence-electron chi connectivity index (χ0n) is 14.3. The highest BCUT2D eigenvalue weighted by Gasteiger charge is 2.34. The lowest BCUT2D eigenvalue weighted by Gasteiger charge is -2.25. The van der Waals surface area contributed by atoms with E-state index >= 15 is 0 Å². The molecule has 1 unspecified atom stereocenters. The second-order valence-corrected chi connectivity index (χ2v) is 7.87. The zero-order chi connectivity index (χ0) is 17.6. The van der Waals surface area contributed by atoms with Crippen LogP contribution in [0.4, 0.5) is 0 Å². The van der Waals surface area contributed by atoms with Crippen molar-refractivity contribution in [2.45, 2.75) is 43.3 Å². The van der Waals surface area contributed by atoms with Crippen LogP contribution in [0.3, 0.4) is 0 Å². The first kappa shape index (κ1) is 18.9. The number of carbonyl (C=O) groups is 1. The van der Waals surface area contributed by atoms with E-state index in [0.717, 1.165) is 22.8 Å². The molecule has 0 aliphatic carbocycles. The average Bonchev–Trinajstić information content (AvgIpc) is 2.59. The second-order valence-electron chi connectivity index (χ2n) is 5.85. The van der Waals surface area contributed by atoms with Gasteiger partial charge in [0.05, 0.1) is 6.61 Å². The fourth-order valence-corrected chi connectivity index (χ4v) is 3.52. The molecule has 24 heavy (non-hydrogen) atoms. The topological polar surface area (TPSA) is 26.3 Å². The molecule has 0 heterocycles. The first-order chi connectivity index (χ1) is 11.5. The lowest BCUT2D eigenvalue weighted by atomic mass is 10.1. The van der Waals surface area contributed by atoms with Crippen LogP contribution in [0.5, 0.6) is 0 Å². The molecule has 2 nitrogen and oxygen atoms in total. The number of rotatable bonds is 7. The maximum Gasteiger partial charge on any atom is 0.322 e. The van der Waals surface area contributed by atoms with Crippen LogP contribution in [0.25, 0.3) is 0 Å². The summed E-state index contributed by atoms with van der Waals surface area (Å²) in [4.78, 5) is 13.3. The molecule has 0 radical (unpaired) electrons. The molecule has 0 N–H and O–H groups in total. The van der Waals surface area contributed by atoms with Gasteiger partial charge in [-0.3, -0.25) is 4.79 Å². The van der Waals surface area contributed by atoms with Gasteiger partial charge in [0.25, 0.3) is 0 Å². The minimum Gasteiger partial charge on any atom is -0.465 e. The number of ether oxygens (including phenoxy) is 1. The molecule has 0 saturated heterocycles. The summed E-state index contributed by atoms with van der Waals surface area (Å²) in [5.74, 6) is -0.150. The molecule has 0 amide bonds. The molecule has 0 bridgehead atoms. The number of hydrogen-bond acceptors (Lipinski definition) is 3. The number of carbonyl (C=O) groups excluding carboxylic acids is 1. The maximum absolute atomic E-state index is 12.2. The first-order valence-electron chi connectivity index (χ1n) is 8.16. The Hall–Kier alpha value is -1.45. The molecular weight excluding hydrogens is 340 g/mol. The molecule has 2 aromatic rings. The van der Waals surface area contributed by atoms with E-state index in [1.165, 1.54) is 11.1 Å². The highest BCUT2D eigenvalue weighted by molar-refractivity contribution is 8.01. The maximum atomic E-state index is 12.2. The van der Waals surface area contributed by atoms with Crippen molar-refractivity contribution in [1.82, 2.24) is 0 Å². The molecule has 0 aliphatic rings. The Kier molecular flexibility index (Phi) is 6.76. The molecule has 0 fully saturated rings. The quantitative estimate of drug-likeness (QED) is 0.463. The van der Waals surface area contributed by atoms with Gasteiger partial charge in [-0.2, -0.15) is 0 Å². The lowest BCUT2D eigenvalue weighted by Crippen LogP contribution is -2.32. The predicted octanol–water partition coefficient (Wildman–Crippen LogP) is 5.75. The average molecular weight is 363 g/mol. The Bertz CT molecular complexity index is 667. The van der Waals surface area contributed by atoms with Gasteiger partial charge >= 0.3 is 5.97 Å². The number of thioether (sulfide) groups is 1. The summed E-state index contributed by atoms with van der Waals surface area (Å²) in [5, 5.41) is 0.753. The third-order valence-corrected chi connectivity index (χ3v) is 5.64. The van der Waals surface area contributed by atoms with E-state index in [-0.39, 0.29) is 5.97 Å². The smallest absolute Gasteiger partial charge is 0.322 e. The van der Waals surface area contributed by atoms with Gasteiger partial charge in [-0.25, -0.2) is 0 Å². The van der Waals surface area contributed by atoms with Crippen molar-refractivity contribution >= 4 is 29.3 Å². The minimum atomic E-state index is -0.548. The Labute approximate surface area is 153 Å². The Morgan fingerprint density at radius 1 is 1.04 bits per heavy atom. The standard InChI is InChI=1S/C20H23ClO2S/c1-4-20(3,19(22)23-5-2)24-18-12-8-16(9-13-18)14-15-6-10-17(21)11-7-15/h6-13H,4-5,14H2,1-3H3. The SMILES string of the molecule is CCOC(=O)C(C)(CC)Sc1ccc(Cc2ccc(Cl)cc2)cc1. The Balaban J connectivity index is 2.05. The highest BCUT2D eigenvalue weighted by atomic mass is 35.5. The normalized spacial score (nSPS) is 13.3. The predicted molar refractivity (Wildman–Crippen MR) is 102 cm³/mol. The molecular formula is C20H23ClO2S. The van der Waals surface area contributed by atoms with Crippen LogP contribution in [0, 0.1) is 0 Å². The first-order valence-corrected chi connectivity index (χ1v) is 9.36. The summed E-state index contributed by atoms with van der Waals surface area (Å²) in [5.41, 5.74) is 2.46. The van der Waals surface area contributed by atoms with E-state index < -0.39 is 4.75 Å². The second kappa shape index (κ2) is 8.59. The number of benzene rings is 2. The van der Waals surface area contributed by atoms with Gasteiger partial charge < -0.3 is 4.74 Å². The fraction of sp³-hybridized carbons (Fsp3) is 0.350. The third-order valence-electron chi connectivity index (χ3n) is 3.97. The van der Waals surface area contributed by atoms with Crippen molar-refractivity contribution < 1.29 is 9.53 Å². The number of esters is 1. The van der Waals surface area contributed by atoms with Crippen LogP contribution in [0.1, 0.15) is 38.3 Å². The van der Waals surface area contributed by atoms with Gasteiger partial charge in [-0.1, -0.05) is 42.8 Å². The molecule has 0 saturated carbocycles.